The van der Waals surface area contributed by atoms with Crippen molar-refractivity contribution in [3.8, 4) is 0 Å². The number of carbonyl (C=O) groups excluding carboxylic acids is 1. The lowest BCUT2D eigenvalue weighted by Gasteiger charge is -2.19. The van der Waals surface area contributed by atoms with Crippen molar-refractivity contribution < 1.29 is 22.7 Å². The van der Waals surface area contributed by atoms with Crippen LogP contribution in [0.25, 0.3) is 0 Å². The van der Waals surface area contributed by atoms with Crippen LogP contribution in [0.2, 0.25) is 0 Å². The molecule has 1 aromatic carbocycles. The highest BCUT2D eigenvalue weighted by molar-refractivity contribution is 5.76. The SMILES string of the molecule is COCC(NC(=O)Cn1cccn1)c1cccc(C(F)(F)F)c1. The first-order chi connectivity index (χ1) is 10.9. The molecular weight excluding hydrogens is 311 g/mol. The van der Waals surface area contributed by atoms with Gasteiger partial charge in [-0.25, -0.2) is 0 Å². The zero-order valence-corrected chi connectivity index (χ0v) is 12.4. The average molecular weight is 327 g/mol. The van der Waals surface area contributed by atoms with E-state index in [0.717, 1.165) is 12.1 Å². The Balaban J connectivity index is 2.13. The quantitative estimate of drug-likeness (QED) is 0.886. The van der Waals surface area contributed by atoms with Gasteiger partial charge in [-0.15, -0.1) is 0 Å². The smallest absolute Gasteiger partial charge is 0.382 e. The van der Waals surface area contributed by atoms with E-state index in [1.165, 1.54) is 30.1 Å². The maximum absolute atomic E-state index is 12.8. The molecule has 0 saturated heterocycles. The molecule has 0 spiro atoms. The third kappa shape index (κ3) is 4.82. The number of halogens is 3. The second-order valence-electron chi connectivity index (χ2n) is 4.90. The van der Waals surface area contributed by atoms with Gasteiger partial charge in [-0.1, -0.05) is 12.1 Å². The molecule has 1 amide bonds. The van der Waals surface area contributed by atoms with Crippen LogP contribution in [0.1, 0.15) is 17.2 Å². The van der Waals surface area contributed by atoms with Crippen molar-refractivity contribution in [3.63, 3.8) is 0 Å². The summed E-state index contributed by atoms with van der Waals surface area (Å²) in [5.41, 5.74) is -0.437. The molecule has 124 valence electrons. The van der Waals surface area contributed by atoms with Gasteiger partial charge in [-0.05, 0) is 23.8 Å². The van der Waals surface area contributed by atoms with Gasteiger partial charge in [0.1, 0.15) is 6.54 Å². The van der Waals surface area contributed by atoms with Gasteiger partial charge in [-0.2, -0.15) is 18.3 Å². The molecule has 8 heteroatoms. The molecule has 0 bridgehead atoms. The zero-order chi connectivity index (χ0) is 16.9. The van der Waals surface area contributed by atoms with E-state index >= 15 is 0 Å². The summed E-state index contributed by atoms with van der Waals surface area (Å²) < 4.78 is 44.8. The monoisotopic (exact) mass is 327 g/mol. The number of amides is 1. The van der Waals surface area contributed by atoms with Gasteiger partial charge in [0.05, 0.1) is 18.2 Å². The van der Waals surface area contributed by atoms with Gasteiger partial charge in [0.25, 0.3) is 0 Å². The van der Waals surface area contributed by atoms with Crippen LogP contribution >= 0.6 is 0 Å². The molecule has 1 atom stereocenters. The number of nitrogens with zero attached hydrogens (tertiary/aromatic N) is 2. The number of benzene rings is 1. The lowest BCUT2D eigenvalue weighted by Crippen LogP contribution is -2.34. The summed E-state index contributed by atoms with van der Waals surface area (Å²) in [6.07, 6.45) is -1.28. The molecule has 0 aliphatic carbocycles. The summed E-state index contributed by atoms with van der Waals surface area (Å²) in [5, 5.41) is 6.56. The van der Waals surface area contributed by atoms with E-state index < -0.39 is 17.8 Å². The first kappa shape index (κ1) is 17.0. The van der Waals surface area contributed by atoms with E-state index in [1.807, 2.05) is 0 Å². The van der Waals surface area contributed by atoms with Crippen LogP contribution in [0.15, 0.2) is 42.7 Å². The van der Waals surface area contributed by atoms with Crippen LogP contribution in [0.5, 0.6) is 0 Å². The molecule has 2 rings (SSSR count). The molecule has 5 nitrogen and oxygen atoms in total. The maximum Gasteiger partial charge on any atom is 0.416 e. The number of hydrogen-bond acceptors (Lipinski definition) is 3. The van der Waals surface area contributed by atoms with Crippen molar-refractivity contribution in [1.82, 2.24) is 15.1 Å². The zero-order valence-electron chi connectivity index (χ0n) is 12.4. The molecule has 2 aromatic rings. The number of nitrogens with one attached hydrogen (secondary N) is 1. The first-order valence-electron chi connectivity index (χ1n) is 6.83. The molecule has 0 fully saturated rings. The summed E-state index contributed by atoms with van der Waals surface area (Å²) in [5.74, 6) is -0.367. The highest BCUT2D eigenvalue weighted by Gasteiger charge is 2.31. The Morgan fingerprint density at radius 2 is 2.17 bits per heavy atom. The molecule has 0 saturated carbocycles. The van der Waals surface area contributed by atoms with Crippen LogP contribution in [-0.4, -0.2) is 29.4 Å². The van der Waals surface area contributed by atoms with Gasteiger partial charge in [0.15, 0.2) is 0 Å². The fourth-order valence-corrected chi connectivity index (χ4v) is 2.10. The lowest BCUT2D eigenvalue weighted by atomic mass is 10.0. The van der Waals surface area contributed by atoms with Crippen molar-refractivity contribution >= 4 is 5.91 Å². The van der Waals surface area contributed by atoms with Crippen molar-refractivity contribution in [1.29, 1.82) is 0 Å². The minimum Gasteiger partial charge on any atom is -0.382 e. The number of methoxy groups -OCH3 is 1. The summed E-state index contributed by atoms with van der Waals surface area (Å²) >= 11 is 0. The second-order valence-corrected chi connectivity index (χ2v) is 4.90. The molecule has 0 aliphatic heterocycles. The van der Waals surface area contributed by atoms with E-state index in [0.29, 0.717) is 5.56 Å². The Hall–Kier alpha value is -2.35. The van der Waals surface area contributed by atoms with Gasteiger partial charge >= 0.3 is 6.18 Å². The molecular formula is C15H16F3N3O2. The fourth-order valence-electron chi connectivity index (χ4n) is 2.10. The third-order valence-corrected chi connectivity index (χ3v) is 3.15. The molecule has 1 aromatic heterocycles. The molecule has 1 unspecified atom stereocenters. The fraction of sp³-hybridized carbons (Fsp3) is 0.333. The standard InChI is InChI=1S/C15H16F3N3O2/c1-23-10-13(20-14(22)9-21-7-3-6-19-21)11-4-2-5-12(8-11)15(16,17)18/h2-8,13H,9-10H2,1H3,(H,20,22). The Kier molecular flexibility index (Phi) is 5.38. The van der Waals surface area contributed by atoms with Crippen LogP contribution < -0.4 is 5.32 Å². The number of hydrogen-bond donors (Lipinski definition) is 1. The number of rotatable bonds is 6. The molecule has 1 heterocycles. The van der Waals surface area contributed by atoms with Crippen molar-refractivity contribution in [3.05, 3.63) is 53.9 Å². The second kappa shape index (κ2) is 7.28. The van der Waals surface area contributed by atoms with Gasteiger partial charge in [-0.3, -0.25) is 9.48 Å². The Morgan fingerprint density at radius 3 is 2.78 bits per heavy atom. The third-order valence-electron chi connectivity index (χ3n) is 3.15. The first-order valence-corrected chi connectivity index (χ1v) is 6.83. The highest BCUT2D eigenvalue weighted by Crippen LogP contribution is 2.30. The summed E-state index contributed by atoms with van der Waals surface area (Å²) in [4.78, 5) is 12.0. The number of aromatic nitrogens is 2. The van der Waals surface area contributed by atoms with Crippen LogP contribution in [0.3, 0.4) is 0 Å². The number of alkyl halides is 3. The van der Waals surface area contributed by atoms with E-state index in [1.54, 1.807) is 12.3 Å². The highest BCUT2D eigenvalue weighted by atomic mass is 19.4. The summed E-state index contributed by atoms with van der Waals surface area (Å²) in [7, 11) is 1.42. The minimum atomic E-state index is -4.44. The average Bonchev–Trinajstić information content (AvgIpc) is 2.99. The van der Waals surface area contributed by atoms with E-state index in [4.69, 9.17) is 4.74 Å². The molecule has 0 radical (unpaired) electrons. The predicted molar refractivity (Wildman–Crippen MR) is 76.4 cm³/mol. The Morgan fingerprint density at radius 1 is 1.39 bits per heavy atom. The van der Waals surface area contributed by atoms with Crippen molar-refractivity contribution in [2.75, 3.05) is 13.7 Å². The maximum atomic E-state index is 12.8. The van der Waals surface area contributed by atoms with Crippen LogP contribution in [-0.2, 0) is 22.3 Å². The Labute approximate surface area is 131 Å². The number of carbonyl (C=O) groups is 1. The van der Waals surface area contributed by atoms with E-state index in [-0.39, 0.29) is 19.1 Å². The Bertz CT molecular complexity index is 642. The predicted octanol–water partition coefficient (Wildman–Crippen LogP) is 2.41. The molecule has 0 aliphatic rings. The largest absolute Gasteiger partial charge is 0.416 e. The number of ether oxygens (including phenoxy) is 1. The van der Waals surface area contributed by atoms with Crippen LogP contribution in [0.4, 0.5) is 13.2 Å². The summed E-state index contributed by atoms with van der Waals surface area (Å²) in [6, 6.07) is 5.82. The minimum absolute atomic E-state index is 0.0217. The van der Waals surface area contributed by atoms with Crippen LogP contribution in [0, 0.1) is 0 Å². The van der Waals surface area contributed by atoms with Crippen molar-refractivity contribution in [2.24, 2.45) is 0 Å². The van der Waals surface area contributed by atoms with E-state index in [2.05, 4.69) is 10.4 Å². The van der Waals surface area contributed by atoms with E-state index in [9.17, 15) is 18.0 Å². The van der Waals surface area contributed by atoms with Gasteiger partial charge in [0.2, 0.25) is 5.91 Å². The molecule has 23 heavy (non-hydrogen) atoms. The molecule has 1 N–H and O–H groups in total. The summed E-state index contributed by atoms with van der Waals surface area (Å²) in [6.45, 7) is 0.0400. The topological polar surface area (TPSA) is 56.1 Å². The van der Waals surface area contributed by atoms with Crippen molar-refractivity contribution in [2.45, 2.75) is 18.8 Å². The lowest BCUT2D eigenvalue weighted by molar-refractivity contribution is -0.137. The van der Waals surface area contributed by atoms with Gasteiger partial charge in [0, 0.05) is 19.5 Å². The normalized spacial score (nSPS) is 12.9. The van der Waals surface area contributed by atoms with Gasteiger partial charge < -0.3 is 10.1 Å².